The zero-order valence-electron chi connectivity index (χ0n) is 9.67. The standard InChI is InChI=1S/C13H10BrN3S/c1-17-7-9(6-15-17)12-8-18-13(16-12)10-4-2-3-5-11(10)14/h2-8H,1H3. The summed E-state index contributed by atoms with van der Waals surface area (Å²) in [6.07, 6.45) is 3.80. The fraction of sp³-hybridized carbons (Fsp3) is 0.0769. The maximum Gasteiger partial charge on any atom is 0.125 e. The first kappa shape index (κ1) is 11.6. The van der Waals surface area contributed by atoms with Crippen molar-refractivity contribution in [3.63, 3.8) is 0 Å². The van der Waals surface area contributed by atoms with Gasteiger partial charge in [0.05, 0.1) is 11.9 Å². The third-order valence-electron chi connectivity index (χ3n) is 2.61. The van der Waals surface area contributed by atoms with Crippen molar-refractivity contribution in [3.8, 4) is 21.8 Å². The predicted molar refractivity (Wildman–Crippen MR) is 77.5 cm³/mol. The number of hydrogen-bond donors (Lipinski definition) is 0. The molecule has 0 unspecified atom stereocenters. The van der Waals surface area contributed by atoms with Crippen molar-refractivity contribution < 1.29 is 0 Å². The molecular formula is C13H10BrN3S. The summed E-state index contributed by atoms with van der Waals surface area (Å²) < 4.78 is 2.85. The van der Waals surface area contributed by atoms with Crippen LogP contribution in [-0.4, -0.2) is 14.8 Å². The Hall–Kier alpha value is -1.46. The van der Waals surface area contributed by atoms with E-state index in [0.29, 0.717) is 0 Å². The summed E-state index contributed by atoms with van der Waals surface area (Å²) in [5, 5.41) is 7.24. The van der Waals surface area contributed by atoms with E-state index in [0.717, 1.165) is 26.3 Å². The van der Waals surface area contributed by atoms with Crippen LogP contribution < -0.4 is 0 Å². The quantitative estimate of drug-likeness (QED) is 0.715. The molecule has 0 fully saturated rings. The molecular weight excluding hydrogens is 310 g/mol. The number of rotatable bonds is 2. The zero-order chi connectivity index (χ0) is 12.5. The Balaban J connectivity index is 2.02. The normalized spacial score (nSPS) is 10.8. The summed E-state index contributed by atoms with van der Waals surface area (Å²) in [5.74, 6) is 0. The van der Waals surface area contributed by atoms with E-state index >= 15 is 0 Å². The zero-order valence-corrected chi connectivity index (χ0v) is 12.1. The number of halogens is 1. The van der Waals surface area contributed by atoms with E-state index < -0.39 is 0 Å². The molecule has 3 rings (SSSR count). The SMILES string of the molecule is Cn1cc(-c2csc(-c3ccccc3Br)n2)cn1. The number of thiazole rings is 1. The lowest BCUT2D eigenvalue weighted by atomic mass is 10.2. The largest absolute Gasteiger partial charge is 0.275 e. The number of nitrogens with zero attached hydrogens (tertiary/aromatic N) is 3. The Bertz CT molecular complexity index is 687. The minimum absolute atomic E-state index is 0.971. The lowest BCUT2D eigenvalue weighted by Crippen LogP contribution is -1.84. The van der Waals surface area contributed by atoms with Gasteiger partial charge in [0.15, 0.2) is 0 Å². The molecule has 0 aliphatic carbocycles. The second kappa shape index (κ2) is 4.66. The molecule has 0 aliphatic rings. The van der Waals surface area contributed by atoms with Crippen LogP contribution in [0.25, 0.3) is 21.8 Å². The minimum atomic E-state index is 0.971. The van der Waals surface area contributed by atoms with Crippen LogP contribution in [0, 0.1) is 0 Å². The Labute approximate surface area is 117 Å². The molecule has 0 aliphatic heterocycles. The molecule has 18 heavy (non-hydrogen) atoms. The predicted octanol–water partition coefficient (Wildman–Crippen LogP) is 3.97. The number of hydrogen-bond acceptors (Lipinski definition) is 3. The first-order chi connectivity index (χ1) is 8.74. The third-order valence-corrected chi connectivity index (χ3v) is 4.18. The van der Waals surface area contributed by atoms with Crippen LogP contribution in [0.15, 0.2) is 46.5 Å². The van der Waals surface area contributed by atoms with Crippen LogP contribution >= 0.6 is 27.3 Å². The van der Waals surface area contributed by atoms with Gasteiger partial charge in [-0.3, -0.25) is 4.68 Å². The lowest BCUT2D eigenvalue weighted by molar-refractivity contribution is 0.768. The third kappa shape index (κ3) is 2.11. The fourth-order valence-electron chi connectivity index (χ4n) is 1.72. The van der Waals surface area contributed by atoms with Gasteiger partial charge in [0.25, 0.3) is 0 Å². The summed E-state index contributed by atoms with van der Waals surface area (Å²) in [6.45, 7) is 0. The topological polar surface area (TPSA) is 30.7 Å². The van der Waals surface area contributed by atoms with Gasteiger partial charge >= 0.3 is 0 Å². The minimum Gasteiger partial charge on any atom is -0.275 e. The van der Waals surface area contributed by atoms with Crippen molar-refractivity contribution >= 4 is 27.3 Å². The first-order valence-corrected chi connectivity index (χ1v) is 7.11. The monoisotopic (exact) mass is 319 g/mol. The van der Waals surface area contributed by atoms with Crippen LogP contribution in [0.5, 0.6) is 0 Å². The van der Waals surface area contributed by atoms with Gasteiger partial charge in [0.1, 0.15) is 5.01 Å². The van der Waals surface area contributed by atoms with E-state index in [4.69, 9.17) is 0 Å². The molecule has 0 spiro atoms. The van der Waals surface area contributed by atoms with Gasteiger partial charge < -0.3 is 0 Å². The van der Waals surface area contributed by atoms with Crippen molar-refractivity contribution in [2.75, 3.05) is 0 Å². The Morgan fingerprint density at radius 3 is 2.83 bits per heavy atom. The van der Waals surface area contributed by atoms with E-state index in [-0.39, 0.29) is 0 Å². The van der Waals surface area contributed by atoms with Crippen LogP contribution in [0.2, 0.25) is 0 Å². The van der Waals surface area contributed by atoms with E-state index in [1.165, 1.54) is 0 Å². The second-order valence-electron chi connectivity index (χ2n) is 3.92. The maximum atomic E-state index is 4.66. The first-order valence-electron chi connectivity index (χ1n) is 5.43. The molecule has 2 heterocycles. The maximum absolute atomic E-state index is 4.66. The molecule has 90 valence electrons. The van der Waals surface area contributed by atoms with Gasteiger partial charge in [-0.2, -0.15) is 5.10 Å². The molecule has 0 atom stereocenters. The van der Waals surface area contributed by atoms with Crippen molar-refractivity contribution in [2.45, 2.75) is 0 Å². The highest BCUT2D eigenvalue weighted by Crippen LogP contribution is 2.32. The van der Waals surface area contributed by atoms with Crippen molar-refractivity contribution in [1.82, 2.24) is 14.8 Å². The highest BCUT2D eigenvalue weighted by Gasteiger charge is 2.09. The summed E-state index contributed by atoms with van der Waals surface area (Å²) in [6, 6.07) is 8.12. The Morgan fingerprint density at radius 2 is 2.11 bits per heavy atom. The van der Waals surface area contributed by atoms with E-state index in [1.54, 1.807) is 16.0 Å². The Kier molecular flexibility index (Phi) is 3.01. The van der Waals surface area contributed by atoms with Gasteiger partial charge in [-0.05, 0) is 6.07 Å². The molecule has 0 amide bonds. The van der Waals surface area contributed by atoms with E-state index in [9.17, 15) is 0 Å². The van der Waals surface area contributed by atoms with Crippen LogP contribution in [0.4, 0.5) is 0 Å². The second-order valence-corrected chi connectivity index (χ2v) is 5.63. The van der Waals surface area contributed by atoms with Crippen LogP contribution in [0.3, 0.4) is 0 Å². The van der Waals surface area contributed by atoms with E-state index in [1.807, 2.05) is 37.6 Å². The van der Waals surface area contributed by atoms with E-state index in [2.05, 4.69) is 37.5 Å². The van der Waals surface area contributed by atoms with Crippen molar-refractivity contribution in [2.24, 2.45) is 7.05 Å². The van der Waals surface area contributed by atoms with Crippen molar-refractivity contribution in [3.05, 3.63) is 46.5 Å². The molecule has 2 aromatic heterocycles. The molecule has 0 bridgehead atoms. The van der Waals surface area contributed by atoms with Gasteiger partial charge in [-0.25, -0.2) is 4.98 Å². The molecule has 0 N–H and O–H groups in total. The average molecular weight is 320 g/mol. The lowest BCUT2D eigenvalue weighted by Gasteiger charge is -1.98. The number of benzene rings is 1. The number of aromatic nitrogens is 3. The fourth-order valence-corrected chi connectivity index (χ4v) is 3.19. The van der Waals surface area contributed by atoms with Crippen LogP contribution in [0.1, 0.15) is 0 Å². The molecule has 0 saturated carbocycles. The summed E-state index contributed by atoms with van der Waals surface area (Å²) >= 11 is 5.20. The highest BCUT2D eigenvalue weighted by atomic mass is 79.9. The van der Waals surface area contributed by atoms with Gasteiger partial charge in [-0.1, -0.05) is 34.1 Å². The van der Waals surface area contributed by atoms with Gasteiger partial charge in [0, 0.05) is 34.2 Å². The molecule has 3 aromatic rings. The Morgan fingerprint density at radius 1 is 1.28 bits per heavy atom. The molecule has 0 radical (unpaired) electrons. The van der Waals surface area contributed by atoms with Crippen molar-refractivity contribution in [1.29, 1.82) is 0 Å². The molecule has 0 saturated heterocycles. The number of aryl methyl sites for hydroxylation is 1. The van der Waals surface area contributed by atoms with Gasteiger partial charge in [-0.15, -0.1) is 11.3 Å². The summed E-state index contributed by atoms with van der Waals surface area (Å²) in [7, 11) is 1.91. The van der Waals surface area contributed by atoms with Gasteiger partial charge in [0.2, 0.25) is 0 Å². The highest BCUT2D eigenvalue weighted by molar-refractivity contribution is 9.10. The summed E-state index contributed by atoms with van der Waals surface area (Å²) in [4.78, 5) is 4.66. The molecule has 3 nitrogen and oxygen atoms in total. The van der Waals surface area contributed by atoms with Crippen LogP contribution in [-0.2, 0) is 7.05 Å². The summed E-state index contributed by atoms with van der Waals surface area (Å²) in [5.41, 5.74) is 3.14. The molecule has 5 heteroatoms. The molecule has 1 aromatic carbocycles. The average Bonchev–Trinajstić information content (AvgIpc) is 2.98. The smallest absolute Gasteiger partial charge is 0.125 e.